The Morgan fingerprint density at radius 3 is 2.77 bits per heavy atom. The molecule has 4 rings (SSSR count). The lowest BCUT2D eigenvalue weighted by Crippen LogP contribution is -2.34. The van der Waals surface area contributed by atoms with E-state index in [9.17, 15) is 19.2 Å². The number of halogens is 1. The fourth-order valence-electron chi connectivity index (χ4n) is 4.21. The van der Waals surface area contributed by atoms with Gasteiger partial charge >= 0.3 is 7.12 Å². The van der Waals surface area contributed by atoms with Crippen LogP contribution in [0.25, 0.3) is 0 Å². The minimum absolute atomic E-state index is 0.122. The molecule has 2 atom stereocenters. The summed E-state index contributed by atoms with van der Waals surface area (Å²) in [5.41, 5.74) is 8.68. The summed E-state index contributed by atoms with van der Waals surface area (Å²) in [5, 5.41) is 22.5. The zero-order valence-electron chi connectivity index (χ0n) is 16.9. The SMILES string of the molecule is CC1Cc2c(C(N)=O)cccc2C1c1ncc(B(O)O)c(NCc2cccc(F)c2)n1. The predicted octanol–water partition coefficient (Wildman–Crippen LogP) is 1.33. The van der Waals surface area contributed by atoms with Gasteiger partial charge in [0.1, 0.15) is 17.5 Å². The number of benzene rings is 2. The van der Waals surface area contributed by atoms with E-state index in [2.05, 4.69) is 15.3 Å². The van der Waals surface area contributed by atoms with Crippen LogP contribution < -0.4 is 16.5 Å². The van der Waals surface area contributed by atoms with Crippen molar-refractivity contribution in [2.75, 3.05) is 5.32 Å². The third kappa shape index (κ3) is 4.15. The summed E-state index contributed by atoms with van der Waals surface area (Å²) in [7, 11) is -1.76. The molecule has 1 aliphatic carbocycles. The van der Waals surface area contributed by atoms with Crippen LogP contribution in [0.15, 0.2) is 48.7 Å². The number of carbonyl (C=O) groups excluding carboxylic acids is 1. The number of aromatic nitrogens is 2. The molecule has 1 aromatic heterocycles. The number of fused-ring (bicyclic) bond motifs is 1. The Hall–Kier alpha value is -3.30. The van der Waals surface area contributed by atoms with Gasteiger partial charge in [-0.3, -0.25) is 4.79 Å². The number of carbonyl (C=O) groups is 1. The third-order valence-corrected chi connectivity index (χ3v) is 5.65. The molecule has 158 valence electrons. The van der Waals surface area contributed by atoms with E-state index in [4.69, 9.17) is 5.73 Å². The Morgan fingerprint density at radius 2 is 2.06 bits per heavy atom. The number of nitrogens with two attached hydrogens (primary N) is 1. The fraction of sp³-hybridized carbons (Fsp3) is 0.227. The molecule has 3 aromatic rings. The van der Waals surface area contributed by atoms with Gasteiger partial charge in [-0.2, -0.15) is 0 Å². The van der Waals surface area contributed by atoms with Crippen molar-refractivity contribution < 1.29 is 19.2 Å². The lowest BCUT2D eigenvalue weighted by molar-refractivity contribution is 0.0999. The van der Waals surface area contributed by atoms with Crippen LogP contribution in [-0.2, 0) is 13.0 Å². The number of anilines is 1. The van der Waals surface area contributed by atoms with Gasteiger partial charge in [-0.15, -0.1) is 0 Å². The predicted molar refractivity (Wildman–Crippen MR) is 115 cm³/mol. The first kappa shape index (κ1) is 21.0. The van der Waals surface area contributed by atoms with Gasteiger partial charge in [0.05, 0.1) is 0 Å². The standard InChI is InChI=1S/C22H22BFN4O3/c1-12-8-17-15(6-3-7-16(17)20(25)29)19(12)22-27-11-18(23(30)31)21(28-22)26-10-13-4-2-5-14(24)9-13/h2-7,9,11-12,19,30-31H,8,10H2,1H3,(H2,25,29)(H,26,27,28). The maximum absolute atomic E-state index is 13.5. The van der Waals surface area contributed by atoms with Gasteiger partial charge < -0.3 is 21.1 Å². The van der Waals surface area contributed by atoms with Crippen molar-refractivity contribution in [3.63, 3.8) is 0 Å². The van der Waals surface area contributed by atoms with Crippen LogP contribution >= 0.6 is 0 Å². The van der Waals surface area contributed by atoms with Crippen molar-refractivity contribution in [3.8, 4) is 0 Å². The normalized spacial score (nSPS) is 17.3. The lowest BCUT2D eigenvalue weighted by Gasteiger charge is -2.18. The van der Waals surface area contributed by atoms with Gasteiger partial charge in [-0.05, 0) is 47.2 Å². The molecule has 31 heavy (non-hydrogen) atoms. The largest absolute Gasteiger partial charge is 0.493 e. The average molecular weight is 420 g/mol. The highest BCUT2D eigenvalue weighted by atomic mass is 19.1. The third-order valence-electron chi connectivity index (χ3n) is 5.65. The van der Waals surface area contributed by atoms with Crippen LogP contribution in [0.3, 0.4) is 0 Å². The summed E-state index contributed by atoms with van der Waals surface area (Å²) < 4.78 is 13.5. The molecule has 7 nitrogen and oxygen atoms in total. The summed E-state index contributed by atoms with van der Waals surface area (Å²) in [6, 6.07) is 11.6. The van der Waals surface area contributed by atoms with Crippen LogP contribution in [0.1, 0.15) is 45.7 Å². The van der Waals surface area contributed by atoms with Crippen molar-refractivity contribution in [1.82, 2.24) is 9.97 Å². The minimum Gasteiger partial charge on any atom is -0.423 e. The highest BCUT2D eigenvalue weighted by Crippen LogP contribution is 2.42. The van der Waals surface area contributed by atoms with Crippen molar-refractivity contribution in [1.29, 1.82) is 0 Å². The van der Waals surface area contributed by atoms with E-state index in [1.807, 2.05) is 13.0 Å². The van der Waals surface area contributed by atoms with Crippen LogP contribution in [0.5, 0.6) is 0 Å². The highest BCUT2D eigenvalue weighted by Gasteiger charge is 2.35. The smallest absolute Gasteiger partial charge is 0.423 e. The molecule has 0 spiro atoms. The Kier molecular flexibility index (Phi) is 5.71. The maximum Gasteiger partial charge on any atom is 0.493 e. The number of rotatable bonds is 6. The van der Waals surface area contributed by atoms with E-state index in [1.54, 1.807) is 24.3 Å². The Balaban J connectivity index is 1.70. The first-order chi connectivity index (χ1) is 14.8. The van der Waals surface area contributed by atoms with Gasteiger partial charge in [0.2, 0.25) is 5.91 Å². The molecule has 2 unspecified atom stereocenters. The van der Waals surface area contributed by atoms with Crippen LogP contribution in [0.2, 0.25) is 0 Å². The van der Waals surface area contributed by atoms with Crippen molar-refractivity contribution in [3.05, 3.63) is 82.6 Å². The summed E-state index contributed by atoms with van der Waals surface area (Å²) in [5.74, 6) is -0.117. The van der Waals surface area contributed by atoms with E-state index in [0.29, 0.717) is 23.4 Å². The molecule has 1 heterocycles. The quantitative estimate of drug-likeness (QED) is 0.447. The van der Waals surface area contributed by atoms with Gasteiger partial charge in [0.25, 0.3) is 0 Å². The van der Waals surface area contributed by atoms with E-state index in [1.165, 1.54) is 18.3 Å². The average Bonchev–Trinajstić information content (AvgIpc) is 3.07. The topological polar surface area (TPSA) is 121 Å². The first-order valence-corrected chi connectivity index (χ1v) is 9.98. The number of hydrogen-bond donors (Lipinski definition) is 4. The Bertz CT molecular complexity index is 1140. The van der Waals surface area contributed by atoms with E-state index in [-0.39, 0.29) is 35.5 Å². The van der Waals surface area contributed by atoms with Crippen molar-refractivity contribution >= 4 is 24.3 Å². The number of hydrogen-bond acceptors (Lipinski definition) is 6. The molecule has 1 aliphatic rings. The molecule has 0 fully saturated rings. The highest BCUT2D eigenvalue weighted by molar-refractivity contribution is 6.60. The first-order valence-electron chi connectivity index (χ1n) is 9.98. The number of amides is 1. The van der Waals surface area contributed by atoms with Crippen molar-refractivity contribution in [2.45, 2.75) is 25.8 Å². The molecule has 0 saturated heterocycles. The van der Waals surface area contributed by atoms with Gasteiger partial charge in [0, 0.05) is 29.7 Å². The Labute approximate surface area is 179 Å². The van der Waals surface area contributed by atoms with Crippen LogP contribution in [-0.4, -0.2) is 33.0 Å². The molecule has 2 aromatic carbocycles. The molecule has 0 radical (unpaired) electrons. The molecule has 5 N–H and O–H groups in total. The van der Waals surface area contributed by atoms with E-state index in [0.717, 1.165) is 11.1 Å². The molecular formula is C22H22BFN4O3. The number of nitrogens with zero attached hydrogens (tertiary/aromatic N) is 2. The van der Waals surface area contributed by atoms with Gasteiger partial charge in [-0.1, -0.05) is 31.2 Å². The number of nitrogens with one attached hydrogen (secondary N) is 1. The van der Waals surface area contributed by atoms with Crippen LogP contribution in [0.4, 0.5) is 10.2 Å². The van der Waals surface area contributed by atoms with E-state index >= 15 is 0 Å². The van der Waals surface area contributed by atoms with E-state index < -0.39 is 13.0 Å². The minimum atomic E-state index is -1.76. The second-order valence-corrected chi connectivity index (χ2v) is 7.79. The van der Waals surface area contributed by atoms with Crippen LogP contribution in [0, 0.1) is 11.7 Å². The molecule has 0 saturated carbocycles. The summed E-state index contributed by atoms with van der Waals surface area (Å²) in [6.07, 6.45) is 2.04. The number of primary amides is 1. The van der Waals surface area contributed by atoms with Gasteiger partial charge in [-0.25, -0.2) is 14.4 Å². The molecular weight excluding hydrogens is 398 g/mol. The molecule has 9 heteroatoms. The monoisotopic (exact) mass is 420 g/mol. The second kappa shape index (κ2) is 8.45. The Morgan fingerprint density at radius 1 is 1.29 bits per heavy atom. The zero-order chi connectivity index (χ0) is 22.1. The lowest BCUT2D eigenvalue weighted by atomic mass is 9.81. The van der Waals surface area contributed by atoms with Crippen molar-refractivity contribution in [2.24, 2.45) is 11.7 Å². The zero-order valence-corrected chi connectivity index (χ0v) is 16.9. The molecule has 0 bridgehead atoms. The molecule has 0 aliphatic heterocycles. The summed E-state index contributed by atoms with van der Waals surface area (Å²) in [4.78, 5) is 20.8. The second-order valence-electron chi connectivity index (χ2n) is 7.79. The maximum atomic E-state index is 13.5. The molecule has 1 amide bonds. The van der Waals surface area contributed by atoms with Gasteiger partial charge in [0.15, 0.2) is 0 Å². The summed E-state index contributed by atoms with van der Waals surface area (Å²) >= 11 is 0. The summed E-state index contributed by atoms with van der Waals surface area (Å²) in [6.45, 7) is 2.30. The fourth-order valence-corrected chi connectivity index (χ4v) is 4.21.